The van der Waals surface area contributed by atoms with Gasteiger partial charge in [-0.1, -0.05) is 32.9 Å². The molecule has 16 heavy (non-hydrogen) atoms. The highest BCUT2D eigenvalue weighted by Gasteiger charge is 2.23. The summed E-state index contributed by atoms with van der Waals surface area (Å²) in [5.41, 5.74) is 1.03. The Labute approximate surface area is 96.1 Å². The molecule has 1 N–H and O–H groups in total. The Balaban J connectivity index is 3.38. The molecular weight excluding hydrogens is 204 g/mol. The van der Waals surface area contributed by atoms with E-state index in [0.717, 1.165) is 5.56 Å². The minimum atomic E-state index is -0.949. The van der Waals surface area contributed by atoms with Gasteiger partial charge in [-0.3, -0.25) is 0 Å². The van der Waals surface area contributed by atoms with Crippen molar-refractivity contribution in [2.45, 2.75) is 33.1 Å². The minimum Gasteiger partial charge on any atom is -0.493 e. The van der Waals surface area contributed by atoms with Crippen molar-refractivity contribution in [1.82, 2.24) is 0 Å². The fourth-order valence-corrected chi connectivity index (χ4v) is 1.60. The van der Waals surface area contributed by atoms with E-state index in [4.69, 9.17) is 9.84 Å². The number of hydrogen-bond donors (Lipinski definition) is 1. The Morgan fingerprint density at radius 2 is 2.00 bits per heavy atom. The first-order chi connectivity index (χ1) is 7.38. The van der Waals surface area contributed by atoms with Gasteiger partial charge in [0.25, 0.3) is 0 Å². The smallest absolute Gasteiger partial charge is 0.339 e. The van der Waals surface area contributed by atoms with Crippen LogP contribution < -0.4 is 4.74 Å². The van der Waals surface area contributed by atoms with E-state index in [0.29, 0.717) is 12.4 Å². The normalized spacial score (nSPS) is 11.2. The van der Waals surface area contributed by atoms with Crippen LogP contribution >= 0.6 is 0 Å². The number of hydrogen-bond acceptors (Lipinski definition) is 2. The van der Waals surface area contributed by atoms with Gasteiger partial charge in [0.1, 0.15) is 11.3 Å². The molecule has 1 aromatic carbocycles. The lowest BCUT2D eigenvalue weighted by Crippen LogP contribution is -2.16. The zero-order chi connectivity index (χ0) is 12.3. The molecule has 0 saturated carbocycles. The van der Waals surface area contributed by atoms with Gasteiger partial charge < -0.3 is 9.84 Å². The van der Waals surface area contributed by atoms with Crippen molar-refractivity contribution in [3.63, 3.8) is 0 Å². The van der Waals surface area contributed by atoms with Crippen molar-refractivity contribution in [3.05, 3.63) is 29.3 Å². The summed E-state index contributed by atoms with van der Waals surface area (Å²) in [4.78, 5) is 11.1. The zero-order valence-corrected chi connectivity index (χ0v) is 10.2. The molecule has 0 saturated heterocycles. The SMILES string of the molecule is CCOc1c(C(=O)O)cccc1C(C)(C)C. The fourth-order valence-electron chi connectivity index (χ4n) is 1.60. The van der Waals surface area contributed by atoms with Crippen molar-refractivity contribution in [3.8, 4) is 5.75 Å². The molecule has 3 heteroatoms. The zero-order valence-electron chi connectivity index (χ0n) is 10.2. The number of carboxylic acids is 1. The molecule has 0 aliphatic heterocycles. The van der Waals surface area contributed by atoms with E-state index in [-0.39, 0.29) is 11.0 Å². The number of benzene rings is 1. The highest BCUT2D eigenvalue weighted by molar-refractivity contribution is 5.91. The van der Waals surface area contributed by atoms with Gasteiger partial charge in [0.2, 0.25) is 0 Å². The molecule has 0 spiro atoms. The monoisotopic (exact) mass is 222 g/mol. The predicted octanol–water partition coefficient (Wildman–Crippen LogP) is 3.08. The van der Waals surface area contributed by atoms with Crippen LogP contribution in [0.15, 0.2) is 18.2 Å². The summed E-state index contributed by atoms with van der Waals surface area (Å²) >= 11 is 0. The predicted molar refractivity (Wildman–Crippen MR) is 63.3 cm³/mol. The van der Waals surface area contributed by atoms with Gasteiger partial charge in [-0.05, 0) is 18.4 Å². The number of rotatable bonds is 3. The summed E-state index contributed by atoms with van der Waals surface area (Å²) in [6.07, 6.45) is 0. The molecule has 0 aliphatic rings. The van der Waals surface area contributed by atoms with Crippen LogP contribution in [0, 0.1) is 0 Å². The second kappa shape index (κ2) is 4.56. The molecule has 0 fully saturated rings. The molecule has 3 nitrogen and oxygen atoms in total. The molecule has 88 valence electrons. The van der Waals surface area contributed by atoms with Crippen LogP contribution in [0.3, 0.4) is 0 Å². The summed E-state index contributed by atoms with van der Waals surface area (Å²) in [5, 5.41) is 9.10. The topological polar surface area (TPSA) is 46.5 Å². The average molecular weight is 222 g/mol. The first-order valence-electron chi connectivity index (χ1n) is 5.37. The number of aromatic carboxylic acids is 1. The summed E-state index contributed by atoms with van der Waals surface area (Å²) in [5.74, 6) is -0.459. The van der Waals surface area contributed by atoms with Crippen molar-refractivity contribution >= 4 is 5.97 Å². The van der Waals surface area contributed by atoms with Gasteiger partial charge in [-0.15, -0.1) is 0 Å². The minimum absolute atomic E-state index is 0.129. The lowest BCUT2D eigenvalue weighted by atomic mass is 9.85. The third kappa shape index (κ3) is 2.54. The molecule has 1 rings (SSSR count). The Hall–Kier alpha value is -1.51. The van der Waals surface area contributed by atoms with Gasteiger partial charge in [0.05, 0.1) is 6.61 Å². The van der Waals surface area contributed by atoms with Crippen molar-refractivity contribution < 1.29 is 14.6 Å². The lowest BCUT2D eigenvalue weighted by Gasteiger charge is -2.23. The highest BCUT2D eigenvalue weighted by Crippen LogP contribution is 2.34. The maximum Gasteiger partial charge on any atom is 0.339 e. The van der Waals surface area contributed by atoms with Gasteiger partial charge in [0, 0.05) is 5.56 Å². The van der Waals surface area contributed by atoms with Crippen LogP contribution in [0.25, 0.3) is 0 Å². The first kappa shape index (κ1) is 12.6. The van der Waals surface area contributed by atoms with Crippen LogP contribution in [0.5, 0.6) is 5.75 Å². The van der Waals surface area contributed by atoms with Gasteiger partial charge >= 0.3 is 5.97 Å². The number of ether oxygens (including phenoxy) is 1. The summed E-state index contributed by atoms with van der Waals surface area (Å²) in [6, 6.07) is 5.24. The highest BCUT2D eigenvalue weighted by atomic mass is 16.5. The maximum absolute atomic E-state index is 11.1. The number of carboxylic acid groups (broad SMARTS) is 1. The van der Waals surface area contributed by atoms with Crippen LogP contribution in [0.1, 0.15) is 43.6 Å². The largest absolute Gasteiger partial charge is 0.493 e. The van der Waals surface area contributed by atoms with Crippen LogP contribution in [-0.2, 0) is 5.41 Å². The summed E-state index contributed by atoms with van der Waals surface area (Å²) in [6.45, 7) is 8.43. The van der Waals surface area contributed by atoms with E-state index in [1.165, 1.54) is 0 Å². The Morgan fingerprint density at radius 1 is 1.38 bits per heavy atom. The molecule has 0 aliphatic carbocycles. The quantitative estimate of drug-likeness (QED) is 0.854. The van der Waals surface area contributed by atoms with E-state index >= 15 is 0 Å². The standard InChI is InChI=1S/C13H18O3/c1-5-16-11-9(12(14)15)7-6-8-10(11)13(2,3)4/h6-8H,5H2,1-4H3,(H,14,15). The second-order valence-corrected chi connectivity index (χ2v) is 4.67. The lowest BCUT2D eigenvalue weighted by molar-refractivity contribution is 0.0692. The molecule has 0 aromatic heterocycles. The molecule has 0 atom stereocenters. The Bertz CT molecular complexity index is 389. The Morgan fingerprint density at radius 3 is 2.44 bits per heavy atom. The van der Waals surface area contributed by atoms with Gasteiger partial charge in [0.15, 0.2) is 0 Å². The third-order valence-electron chi connectivity index (χ3n) is 2.34. The number of carbonyl (C=O) groups is 1. The molecule has 0 radical (unpaired) electrons. The van der Waals surface area contributed by atoms with Gasteiger partial charge in [-0.2, -0.15) is 0 Å². The first-order valence-corrected chi connectivity index (χ1v) is 5.37. The van der Waals surface area contributed by atoms with Crippen molar-refractivity contribution in [2.75, 3.05) is 6.61 Å². The van der Waals surface area contributed by atoms with E-state index in [1.54, 1.807) is 12.1 Å². The molecule has 0 heterocycles. The fraction of sp³-hybridized carbons (Fsp3) is 0.462. The third-order valence-corrected chi connectivity index (χ3v) is 2.34. The van der Waals surface area contributed by atoms with Gasteiger partial charge in [-0.25, -0.2) is 4.79 Å². The van der Waals surface area contributed by atoms with E-state index < -0.39 is 5.97 Å². The molecule has 0 unspecified atom stereocenters. The average Bonchev–Trinajstić information content (AvgIpc) is 2.16. The second-order valence-electron chi connectivity index (χ2n) is 4.67. The summed E-state index contributed by atoms with van der Waals surface area (Å²) in [7, 11) is 0. The molecule has 0 amide bonds. The van der Waals surface area contributed by atoms with E-state index in [2.05, 4.69) is 0 Å². The van der Waals surface area contributed by atoms with Crippen molar-refractivity contribution in [1.29, 1.82) is 0 Å². The molecule has 0 bridgehead atoms. The van der Waals surface area contributed by atoms with Crippen LogP contribution in [0.2, 0.25) is 0 Å². The molecular formula is C13H18O3. The summed E-state index contributed by atoms with van der Waals surface area (Å²) < 4.78 is 5.48. The number of para-hydroxylation sites is 1. The van der Waals surface area contributed by atoms with E-state index in [9.17, 15) is 4.79 Å². The van der Waals surface area contributed by atoms with Crippen LogP contribution in [0.4, 0.5) is 0 Å². The van der Waals surface area contributed by atoms with Crippen molar-refractivity contribution in [2.24, 2.45) is 0 Å². The van der Waals surface area contributed by atoms with Crippen LogP contribution in [-0.4, -0.2) is 17.7 Å². The Kier molecular flexibility index (Phi) is 3.58. The molecule has 1 aromatic rings. The maximum atomic E-state index is 11.1. The van der Waals surface area contributed by atoms with E-state index in [1.807, 2.05) is 33.8 Å².